The van der Waals surface area contributed by atoms with Gasteiger partial charge in [0, 0.05) is 6.42 Å². The molecule has 0 aliphatic heterocycles. The fourth-order valence-electron chi connectivity index (χ4n) is 1.80. The van der Waals surface area contributed by atoms with Gasteiger partial charge >= 0.3 is 12.1 Å². The van der Waals surface area contributed by atoms with Crippen molar-refractivity contribution in [2.45, 2.75) is 25.0 Å². The topological polar surface area (TPSA) is 95.9 Å². The predicted molar refractivity (Wildman–Crippen MR) is 76.9 cm³/mol. The number of amides is 1. The first kappa shape index (κ1) is 16.7. The summed E-state index contributed by atoms with van der Waals surface area (Å²) < 4.78 is 4.73. The van der Waals surface area contributed by atoms with Gasteiger partial charge in [0.2, 0.25) is 0 Å². The molecule has 0 heterocycles. The Hall–Kier alpha value is -2.34. The maximum absolute atomic E-state index is 11.5. The highest BCUT2D eigenvalue weighted by atomic mass is 16.5. The standard InChI is InChI=1S/C15H19NO5/c1-2-8-21-15(20)16-12(10-14(18)19)13(17)9-11-6-4-3-5-7-11/h2-7,12-13,17H,1,8-10H2,(H,16,20)(H,18,19). The second-order valence-corrected chi connectivity index (χ2v) is 4.49. The molecule has 1 aromatic carbocycles. The Morgan fingerprint density at radius 1 is 1.33 bits per heavy atom. The maximum Gasteiger partial charge on any atom is 0.407 e. The first-order chi connectivity index (χ1) is 10.0. The number of carboxylic acid groups (broad SMARTS) is 1. The Bertz CT molecular complexity index is 474. The van der Waals surface area contributed by atoms with E-state index < -0.39 is 30.6 Å². The lowest BCUT2D eigenvalue weighted by Crippen LogP contribution is -2.45. The second kappa shape index (κ2) is 8.76. The van der Waals surface area contributed by atoms with Gasteiger partial charge in [0.05, 0.1) is 18.6 Å². The van der Waals surface area contributed by atoms with Crippen molar-refractivity contribution in [2.75, 3.05) is 6.61 Å². The first-order valence-corrected chi connectivity index (χ1v) is 6.51. The molecule has 0 saturated heterocycles. The van der Waals surface area contributed by atoms with Crippen LogP contribution in [0.25, 0.3) is 0 Å². The normalized spacial score (nSPS) is 13.0. The third-order valence-electron chi connectivity index (χ3n) is 2.78. The highest BCUT2D eigenvalue weighted by Crippen LogP contribution is 2.09. The number of nitrogens with one attached hydrogen (secondary N) is 1. The molecule has 0 aliphatic rings. The van der Waals surface area contributed by atoms with Crippen molar-refractivity contribution in [1.29, 1.82) is 0 Å². The van der Waals surface area contributed by atoms with E-state index in [9.17, 15) is 14.7 Å². The van der Waals surface area contributed by atoms with Crippen LogP contribution in [-0.4, -0.2) is 41.0 Å². The van der Waals surface area contributed by atoms with E-state index >= 15 is 0 Å². The molecule has 2 atom stereocenters. The van der Waals surface area contributed by atoms with Crippen LogP contribution >= 0.6 is 0 Å². The van der Waals surface area contributed by atoms with Crippen LogP contribution in [0, 0.1) is 0 Å². The molecule has 3 N–H and O–H groups in total. The summed E-state index contributed by atoms with van der Waals surface area (Å²) in [5.41, 5.74) is 0.849. The number of rotatable bonds is 8. The lowest BCUT2D eigenvalue weighted by molar-refractivity contribution is -0.138. The Kier molecular flexibility index (Phi) is 6.97. The van der Waals surface area contributed by atoms with Crippen molar-refractivity contribution in [3.8, 4) is 0 Å². The molecule has 0 saturated carbocycles. The smallest absolute Gasteiger partial charge is 0.407 e. The molecule has 0 aromatic heterocycles. The minimum atomic E-state index is -1.11. The molecule has 21 heavy (non-hydrogen) atoms. The third kappa shape index (κ3) is 6.58. The van der Waals surface area contributed by atoms with Crippen LogP contribution in [0.5, 0.6) is 0 Å². The van der Waals surface area contributed by atoms with Crippen molar-refractivity contribution in [3.05, 3.63) is 48.6 Å². The van der Waals surface area contributed by atoms with Crippen LogP contribution in [0.1, 0.15) is 12.0 Å². The molecule has 1 aromatic rings. The summed E-state index contributed by atoms with van der Waals surface area (Å²) in [6.07, 6.45) is -0.572. The van der Waals surface area contributed by atoms with Crippen molar-refractivity contribution >= 4 is 12.1 Å². The molecule has 6 nitrogen and oxygen atoms in total. The third-order valence-corrected chi connectivity index (χ3v) is 2.78. The molecule has 0 aliphatic carbocycles. The number of hydrogen-bond donors (Lipinski definition) is 3. The van der Waals surface area contributed by atoms with Gasteiger partial charge in [-0.2, -0.15) is 0 Å². The molecule has 0 bridgehead atoms. The molecule has 0 spiro atoms. The van der Waals surface area contributed by atoms with Crippen molar-refractivity contribution in [3.63, 3.8) is 0 Å². The average molecular weight is 293 g/mol. The van der Waals surface area contributed by atoms with E-state index in [2.05, 4.69) is 11.9 Å². The number of alkyl carbamates (subject to hydrolysis) is 1. The number of benzene rings is 1. The largest absolute Gasteiger partial charge is 0.481 e. The fraction of sp³-hybridized carbons (Fsp3) is 0.333. The van der Waals surface area contributed by atoms with Crippen LogP contribution in [0.4, 0.5) is 4.79 Å². The number of carboxylic acids is 1. The average Bonchev–Trinajstić information content (AvgIpc) is 2.45. The van der Waals surface area contributed by atoms with Gasteiger partial charge in [0.1, 0.15) is 6.61 Å². The maximum atomic E-state index is 11.5. The summed E-state index contributed by atoms with van der Waals surface area (Å²) >= 11 is 0. The van der Waals surface area contributed by atoms with Crippen LogP contribution in [0.2, 0.25) is 0 Å². The van der Waals surface area contributed by atoms with E-state index in [1.54, 1.807) is 0 Å². The van der Waals surface area contributed by atoms with Gasteiger partial charge in [0.15, 0.2) is 0 Å². The van der Waals surface area contributed by atoms with Crippen molar-refractivity contribution in [2.24, 2.45) is 0 Å². The lowest BCUT2D eigenvalue weighted by atomic mass is 10.00. The van der Waals surface area contributed by atoms with Gasteiger partial charge in [-0.1, -0.05) is 43.0 Å². The molecule has 6 heteroatoms. The molecule has 2 unspecified atom stereocenters. The number of aliphatic hydroxyl groups is 1. The number of carbonyl (C=O) groups is 2. The summed E-state index contributed by atoms with van der Waals surface area (Å²) in [4.78, 5) is 22.3. The fourth-order valence-corrected chi connectivity index (χ4v) is 1.80. The molecular formula is C15H19NO5. The Morgan fingerprint density at radius 2 is 2.00 bits per heavy atom. The van der Waals surface area contributed by atoms with Crippen LogP contribution < -0.4 is 5.32 Å². The van der Waals surface area contributed by atoms with E-state index in [0.717, 1.165) is 5.56 Å². The summed E-state index contributed by atoms with van der Waals surface area (Å²) in [6.45, 7) is 3.42. The molecule has 1 rings (SSSR count). The summed E-state index contributed by atoms with van der Waals surface area (Å²) in [5.74, 6) is -1.11. The minimum absolute atomic E-state index is 0.0143. The SMILES string of the molecule is C=CCOC(=O)NC(CC(=O)O)C(O)Cc1ccccc1. The monoisotopic (exact) mass is 293 g/mol. The highest BCUT2D eigenvalue weighted by molar-refractivity contribution is 5.71. The van der Waals surface area contributed by atoms with Crippen molar-refractivity contribution in [1.82, 2.24) is 5.32 Å². The first-order valence-electron chi connectivity index (χ1n) is 6.51. The minimum Gasteiger partial charge on any atom is -0.481 e. The van der Waals surface area contributed by atoms with E-state index in [1.807, 2.05) is 30.3 Å². The predicted octanol–water partition coefficient (Wildman–Crippen LogP) is 1.35. The van der Waals surface area contributed by atoms with Crippen molar-refractivity contribution < 1.29 is 24.5 Å². The number of aliphatic carboxylic acids is 1. The van der Waals surface area contributed by atoms with Gasteiger partial charge in [-0.25, -0.2) is 4.79 Å². The van der Waals surface area contributed by atoms with E-state index in [4.69, 9.17) is 9.84 Å². The second-order valence-electron chi connectivity index (χ2n) is 4.49. The van der Waals surface area contributed by atoms with Gasteiger partial charge < -0.3 is 20.3 Å². The molecule has 0 radical (unpaired) electrons. The Morgan fingerprint density at radius 3 is 2.57 bits per heavy atom. The zero-order valence-electron chi connectivity index (χ0n) is 11.6. The van der Waals surface area contributed by atoms with Crippen LogP contribution in [0.15, 0.2) is 43.0 Å². The summed E-state index contributed by atoms with van der Waals surface area (Å²) in [7, 11) is 0. The zero-order chi connectivity index (χ0) is 15.7. The summed E-state index contributed by atoms with van der Waals surface area (Å²) in [5, 5.41) is 21.4. The lowest BCUT2D eigenvalue weighted by Gasteiger charge is -2.22. The molecule has 0 fully saturated rings. The summed E-state index contributed by atoms with van der Waals surface area (Å²) in [6, 6.07) is 8.18. The van der Waals surface area contributed by atoms with Crippen LogP contribution in [-0.2, 0) is 16.0 Å². The van der Waals surface area contributed by atoms with Gasteiger partial charge in [0.25, 0.3) is 0 Å². The molecule has 1 amide bonds. The number of hydrogen-bond acceptors (Lipinski definition) is 4. The van der Waals surface area contributed by atoms with Crippen LogP contribution in [0.3, 0.4) is 0 Å². The molecular weight excluding hydrogens is 274 g/mol. The van der Waals surface area contributed by atoms with Gasteiger partial charge in [-0.3, -0.25) is 4.79 Å². The number of ether oxygens (including phenoxy) is 1. The van der Waals surface area contributed by atoms with Gasteiger partial charge in [-0.05, 0) is 5.56 Å². The van der Waals surface area contributed by atoms with Gasteiger partial charge in [-0.15, -0.1) is 0 Å². The van der Waals surface area contributed by atoms with E-state index in [1.165, 1.54) is 6.08 Å². The quantitative estimate of drug-likeness (QED) is 0.629. The Balaban J connectivity index is 2.64. The Labute approximate surface area is 123 Å². The molecule has 114 valence electrons. The number of aliphatic hydroxyl groups excluding tert-OH is 1. The van der Waals surface area contributed by atoms with E-state index in [-0.39, 0.29) is 13.0 Å². The highest BCUT2D eigenvalue weighted by Gasteiger charge is 2.24. The number of carbonyl (C=O) groups excluding carboxylic acids is 1. The van der Waals surface area contributed by atoms with E-state index in [0.29, 0.717) is 0 Å². The zero-order valence-corrected chi connectivity index (χ0v) is 11.6.